The smallest absolute Gasteiger partial charge is 0.325 e. The zero-order chi connectivity index (χ0) is 18.2. The third-order valence-corrected chi connectivity index (χ3v) is 5.98. The minimum atomic E-state index is -0.387. The molecular weight excluding hydrogens is 336 g/mol. The fourth-order valence-corrected chi connectivity index (χ4v) is 4.47. The lowest BCUT2D eigenvalue weighted by molar-refractivity contribution is -0.127. The van der Waals surface area contributed by atoms with E-state index in [-0.39, 0.29) is 24.1 Å². The summed E-state index contributed by atoms with van der Waals surface area (Å²) in [4.78, 5) is 32.2. The summed E-state index contributed by atoms with van der Waals surface area (Å²) in [6, 6.07) is -0.742. The normalized spacial score (nSPS) is 22.9. The van der Waals surface area contributed by atoms with Crippen molar-refractivity contribution in [2.24, 2.45) is 4.99 Å². The first-order valence-electron chi connectivity index (χ1n) is 9.65. The topological polar surface area (TPSA) is 65.0 Å². The van der Waals surface area contributed by atoms with Crippen LogP contribution >= 0.6 is 11.8 Å². The third-order valence-electron chi connectivity index (χ3n) is 4.89. The quantitative estimate of drug-likeness (QED) is 0.600. The van der Waals surface area contributed by atoms with Crippen LogP contribution in [0.25, 0.3) is 0 Å². The van der Waals surface area contributed by atoms with Crippen molar-refractivity contribution in [3.63, 3.8) is 0 Å². The summed E-state index contributed by atoms with van der Waals surface area (Å²) in [7, 11) is 1.70. The summed E-state index contributed by atoms with van der Waals surface area (Å²) in [5.74, 6) is 0.782. The number of urea groups is 1. The van der Waals surface area contributed by atoms with Gasteiger partial charge in [0.15, 0.2) is 17.4 Å². The summed E-state index contributed by atoms with van der Waals surface area (Å²) in [6.45, 7) is 4.99. The number of likely N-dealkylation sites (N-methyl/N-ethyl adjacent to an activating group) is 2. The molecule has 0 aliphatic carbocycles. The summed E-state index contributed by atoms with van der Waals surface area (Å²) in [5, 5.41) is 3.31. The number of amidine groups is 1. The molecule has 3 amide bonds. The van der Waals surface area contributed by atoms with Crippen molar-refractivity contribution in [2.45, 2.75) is 77.4 Å². The van der Waals surface area contributed by atoms with Gasteiger partial charge in [0.25, 0.3) is 5.91 Å². The van der Waals surface area contributed by atoms with E-state index < -0.39 is 0 Å². The summed E-state index contributed by atoms with van der Waals surface area (Å²) < 4.78 is 0. The van der Waals surface area contributed by atoms with Gasteiger partial charge in [0.2, 0.25) is 0 Å². The monoisotopic (exact) mass is 368 g/mol. The van der Waals surface area contributed by atoms with Gasteiger partial charge in [-0.15, -0.1) is 0 Å². The lowest BCUT2D eigenvalue weighted by Gasteiger charge is -2.35. The molecule has 1 fully saturated rings. The van der Waals surface area contributed by atoms with Crippen molar-refractivity contribution in [3.05, 3.63) is 0 Å². The van der Waals surface area contributed by atoms with E-state index in [9.17, 15) is 9.59 Å². The number of unbranched alkanes of at least 4 members (excludes halogenated alkanes) is 7. The van der Waals surface area contributed by atoms with Gasteiger partial charge in [-0.2, -0.15) is 0 Å². The lowest BCUT2D eigenvalue weighted by Crippen LogP contribution is -2.63. The molecule has 0 aromatic heterocycles. The molecule has 2 unspecified atom stereocenters. The Morgan fingerprint density at radius 2 is 1.68 bits per heavy atom. The van der Waals surface area contributed by atoms with Crippen LogP contribution in [-0.4, -0.2) is 58.5 Å². The molecule has 0 bridgehead atoms. The molecule has 0 radical (unpaired) electrons. The Labute approximate surface area is 155 Å². The largest absolute Gasteiger partial charge is 0.336 e. The number of amides is 3. The number of hydrogen-bond donors (Lipinski definition) is 1. The van der Waals surface area contributed by atoms with E-state index >= 15 is 0 Å². The molecule has 2 atom stereocenters. The van der Waals surface area contributed by atoms with Crippen LogP contribution in [-0.2, 0) is 4.79 Å². The van der Waals surface area contributed by atoms with Gasteiger partial charge < -0.3 is 9.80 Å². The SMILES string of the molecule is CCCCCCCCCCSC1=NC2C(C(=O)NC(=O)N2C)N1CC. The van der Waals surface area contributed by atoms with Crippen molar-refractivity contribution in [1.29, 1.82) is 0 Å². The number of nitrogens with zero attached hydrogens (tertiary/aromatic N) is 3. The number of thioether (sulfide) groups is 1. The van der Waals surface area contributed by atoms with Crippen LogP contribution in [0.1, 0.15) is 65.2 Å². The van der Waals surface area contributed by atoms with Gasteiger partial charge in [-0.25, -0.2) is 9.79 Å². The Kier molecular flexibility index (Phi) is 8.06. The molecule has 2 aliphatic heterocycles. The van der Waals surface area contributed by atoms with Gasteiger partial charge >= 0.3 is 6.03 Å². The second-order valence-electron chi connectivity index (χ2n) is 6.78. The Morgan fingerprint density at radius 3 is 2.32 bits per heavy atom. The summed E-state index contributed by atoms with van der Waals surface area (Å²) in [5.41, 5.74) is 0. The zero-order valence-corrected chi connectivity index (χ0v) is 16.6. The average Bonchev–Trinajstić information content (AvgIpc) is 2.97. The first-order chi connectivity index (χ1) is 12.1. The molecule has 1 saturated heterocycles. The van der Waals surface area contributed by atoms with E-state index in [4.69, 9.17) is 0 Å². The molecule has 0 aromatic carbocycles. The fourth-order valence-electron chi connectivity index (χ4n) is 3.35. The van der Waals surface area contributed by atoms with Crippen LogP contribution in [0, 0.1) is 0 Å². The molecule has 0 spiro atoms. The van der Waals surface area contributed by atoms with E-state index in [0.29, 0.717) is 0 Å². The van der Waals surface area contributed by atoms with Crippen LogP contribution in [0.5, 0.6) is 0 Å². The lowest BCUT2D eigenvalue weighted by atomic mass is 10.1. The number of carbonyl (C=O) groups is 2. The van der Waals surface area contributed by atoms with Gasteiger partial charge in [0.05, 0.1) is 0 Å². The highest BCUT2D eigenvalue weighted by Crippen LogP contribution is 2.28. The molecule has 2 heterocycles. The second-order valence-corrected chi connectivity index (χ2v) is 7.85. The van der Waals surface area contributed by atoms with E-state index in [0.717, 1.165) is 17.5 Å². The Hall–Kier alpha value is -1.24. The maximum absolute atomic E-state index is 12.2. The number of nitrogens with one attached hydrogen (secondary N) is 1. The van der Waals surface area contributed by atoms with Crippen molar-refractivity contribution in [2.75, 3.05) is 19.3 Å². The molecule has 6 nitrogen and oxygen atoms in total. The molecule has 1 N–H and O–H groups in total. The highest BCUT2D eigenvalue weighted by Gasteiger charge is 2.47. The minimum absolute atomic E-state index is 0.235. The van der Waals surface area contributed by atoms with Gasteiger partial charge in [-0.1, -0.05) is 63.6 Å². The molecular formula is C18H32N4O2S. The van der Waals surface area contributed by atoms with Gasteiger partial charge in [-0.05, 0) is 13.3 Å². The predicted octanol–water partition coefficient (Wildman–Crippen LogP) is 3.43. The van der Waals surface area contributed by atoms with Crippen molar-refractivity contribution < 1.29 is 9.59 Å². The highest BCUT2D eigenvalue weighted by molar-refractivity contribution is 8.13. The number of hydrogen-bond acceptors (Lipinski definition) is 5. The van der Waals surface area contributed by atoms with Crippen molar-refractivity contribution in [3.8, 4) is 0 Å². The maximum atomic E-state index is 12.2. The Bertz CT molecular complexity index is 497. The fraction of sp³-hybridized carbons (Fsp3) is 0.833. The van der Waals surface area contributed by atoms with Crippen LogP contribution in [0.4, 0.5) is 4.79 Å². The van der Waals surface area contributed by atoms with E-state index in [1.165, 1.54) is 56.3 Å². The summed E-state index contributed by atoms with van der Waals surface area (Å²) >= 11 is 1.72. The Morgan fingerprint density at radius 1 is 1.04 bits per heavy atom. The van der Waals surface area contributed by atoms with Crippen LogP contribution in [0.2, 0.25) is 0 Å². The number of fused-ring (bicyclic) bond motifs is 1. The van der Waals surface area contributed by atoms with E-state index in [2.05, 4.69) is 17.2 Å². The van der Waals surface area contributed by atoms with Crippen LogP contribution in [0.15, 0.2) is 4.99 Å². The molecule has 0 aromatic rings. The Balaban J connectivity index is 1.74. The molecule has 0 saturated carbocycles. The second kappa shape index (κ2) is 10.0. The third kappa shape index (κ3) is 5.12. The van der Waals surface area contributed by atoms with Gasteiger partial charge in [0, 0.05) is 19.3 Å². The van der Waals surface area contributed by atoms with E-state index in [1.807, 2.05) is 11.8 Å². The number of carbonyl (C=O) groups excluding carboxylic acids is 2. The standard InChI is InChI=1S/C18H32N4O2S/c1-4-6-7-8-9-10-11-12-13-25-18-19-15-14(22(18)5-2)16(23)20-17(24)21(15)3/h14-15H,4-13H2,1-3H3,(H,20,23,24). The van der Waals surface area contributed by atoms with Crippen molar-refractivity contribution in [1.82, 2.24) is 15.1 Å². The zero-order valence-electron chi connectivity index (χ0n) is 15.8. The minimum Gasteiger partial charge on any atom is -0.336 e. The van der Waals surface area contributed by atoms with Crippen LogP contribution in [0.3, 0.4) is 0 Å². The summed E-state index contributed by atoms with van der Waals surface area (Å²) in [6.07, 6.45) is 10.1. The molecule has 142 valence electrons. The molecule has 2 aliphatic rings. The van der Waals surface area contributed by atoms with Gasteiger partial charge in [0.1, 0.15) is 0 Å². The van der Waals surface area contributed by atoms with Crippen LogP contribution < -0.4 is 5.32 Å². The molecule has 25 heavy (non-hydrogen) atoms. The highest BCUT2D eigenvalue weighted by atomic mass is 32.2. The number of rotatable bonds is 10. The first kappa shape index (κ1) is 20.1. The number of imide groups is 1. The van der Waals surface area contributed by atoms with Gasteiger partial charge in [-0.3, -0.25) is 10.1 Å². The first-order valence-corrected chi connectivity index (χ1v) is 10.6. The predicted molar refractivity (Wildman–Crippen MR) is 104 cm³/mol. The average molecular weight is 369 g/mol. The molecule has 2 rings (SSSR count). The molecule has 7 heteroatoms. The number of aliphatic imine (C=N–C) groups is 1. The van der Waals surface area contributed by atoms with Crippen molar-refractivity contribution >= 4 is 28.9 Å². The maximum Gasteiger partial charge on any atom is 0.325 e. The van der Waals surface area contributed by atoms with E-state index in [1.54, 1.807) is 18.8 Å².